The fourth-order valence-corrected chi connectivity index (χ4v) is 11.2. The third kappa shape index (κ3) is 13.8. The minimum atomic E-state index is -3.46. The topological polar surface area (TPSA) is 265 Å². The van der Waals surface area contributed by atoms with Gasteiger partial charge in [-0.15, -0.1) is 5.10 Å². The molecule has 5 rings (SSSR count). The standard InChI is InChI=1S/C50H84FN5O15S/c1-14-38-50(9,63)43(59)31(5)54(10)23-21-48(7,62)45(29(3)42(30(4)46(61)69-38)70-39-25-49(8,66-12)44(60)32(6)68-39)71-47-41(58)36(24-28(2)67-47)55(11)22-15-16-34-27-56(53-52-34)37(26-51)40(57)33-17-19-35(20-18-33)72(13,64)65/h17-20,27-32,36-45,47,57-60,62-63H,14-16,21-26H2,1-13H3/t28-,29+,30-,31-,32+,36+,37-,38-,39+,40-,41-,42+,43-,44+,45-,47+,48-,49-,50-/m1/s1. The fourth-order valence-electron chi connectivity index (χ4n) is 10.6. The van der Waals surface area contributed by atoms with E-state index in [9.17, 15) is 48.2 Å². The fraction of sp³-hybridized carbons (Fsp3) is 0.820. The molecule has 6 N–H and O–H groups in total. The van der Waals surface area contributed by atoms with Crippen LogP contribution in [0, 0.1) is 11.8 Å². The van der Waals surface area contributed by atoms with E-state index in [0.29, 0.717) is 37.1 Å². The number of aryl methyl sites for hydroxylation is 1. The molecule has 22 heteroatoms. The summed E-state index contributed by atoms with van der Waals surface area (Å²) < 4.78 is 77.4. The van der Waals surface area contributed by atoms with Gasteiger partial charge in [0.25, 0.3) is 0 Å². The van der Waals surface area contributed by atoms with Crippen molar-refractivity contribution in [1.82, 2.24) is 24.8 Å². The summed E-state index contributed by atoms with van der Waals surface area (Å²) in [6.07, 6.45) is -7.42. The van der Waals surface area contributed by atoms with E-state index < -0.39 is 137 Å². The number of alkyl halides is 1. The summed E-state index contributed by atoms with van der Waals surface area (Å²) in [4.78, 5) is 18.2. The van der Waals surface area contributed by atoms with Crippen LogP contribution < -0.4 is 0 Å². The Morgan fingerprint density at radius 2 is 1.67 bits per heavy atom. The van der Waals surface area contributed by atoms with Gasteiger partial charge in [-0.2, -0.15) is 0 Å². The van der Waals surface area contributed by atoms with E-state index >= 15 is 0 Å². The maximum Gasteiger partial charge on any atom is 0.311 e. The number of aliphatic hydroxyl groups is 6. The Balaban J connectivity index is 1.38. The molecule has 0 spiro atoms. The maximum atomic E-state index is 14.4. The summed E-state index contributed by atoms with van der Waals surface area (Å²) in [7, 11) is 1.64. The predicted molar refractivity (Wildman–Crippen MR) is 262 cm³/mol. The third-order valence-electron chi connectivity index (χ3n) is 15.7. The Labute approximate surface area is 425 Å². The second kappa shape index (κ2) is 24.5. The minimum absolute atomic E-state index is 0.0706. The summed E-state index contributed by atoms with van der Waals surface area (Å²) >= 11 is 0. The number of halogens is 1. The first-order valence-electron chi connectivity index (χ1n) is 25.2. The maximum absolute atomic E-state index is 14.4. The van der Waals surface area contributed by atoms with Gasteiger partial charge in [0.1, 0.15) is 48.8 Å². The van der Waals surface area contributed by atoms with Crippen LogP contribution in [0.3, 0.4) is 0 Å². The van der Waals surface area contributed by atoms with Crippen molar-refractivity contribution in [1.29, 1.82) is 0 Å². The smallest absolute Gasteiger partial charge is 0.311 e. The van der Waals surface area contributed by atoms with Crippen LogP contribution in [0.5, 0.6) is 0 Å². The lowest BCUT2D eigenvalue weighted by molar-refractivity contribution is -0.318. The zero-order valence-electron chi connectivity index (χ0n) is 44.4. The van der Waals surface area contributed by atoms with Gasteiger partial charge in [0.05, 0.1) is 52.1 Å². The molecule has 3 aliphatic rings. The molecule has 3 saturated heterocycles. The Morgan fingerprint density at radius 1 is 1.01 bits per heavy atom. The Bertz CT molecular complexity index is 2160. The third-order valence-corrected chi connectivity index (χ3v) is 16.9. The van der Waals surface area contributed by atoms with Gasteiger partial charge >= 0.3 is 5.97 Å². The summed E-state index contributed by atoms with van der Waals surface area (Å²) in [5, 5.41) is 78.5. The number of rotatable bonds is 16. The predicted octanol–water partition coefficient (Wildman–Crippen LogP) is 2.51. The number of hydrogen-bond donors (Lipinski definition) is 6. The van der Waals surface area contributed by atoms with Gasteiger partial charge in [0.15, 0.2) is 22.4 Å². The van der Waals surface area contributed by atoms with E-state index in [1.807, 2.05) is 18.9 Å². The normalized spacial score (nSPS) is 39.0. The lowest BCUT2D eigenvalue weighted by Gasteiger charge is -2.49. The molecule has 3 fully saturated rings. The molecule has 19 atom stereocenters. The number of esters is 1. The number of hydrogen-bond acceptors (Lipinski definition) is 19. The molecule has 1 aromatic heterocycles. The number of benzene rings is 1. The average Bonchev–Trinajstić information content (AvgIpc) is 3.79. The Hall–Kier alpha value is -2.81. The quantitative estimate of drug-likeness (QED) is 0.132. The van der Waals surface area contributed by atoms with Crippen molar-refractivity contribution in [2.24, 2.45) is 11.8 Å². The molecule has 3 aliphatic heterocycles. The number of aromatic nitrogens is 3. The molecule has 0 aliphatic carbocycles. The van der Waals surface area contributed by atoms with Crippen LogP contribution in [-0.4, -0.2) is 207 Å². The van der Waals surface area contributed by atoms with Crippen molar-refractivity contribution >= 4 is 15.8 Å². The Kier molecular flexibility index (Phi) is 20.4. The van der Waals surface area contributed by atoms with Crippen molar-refractivity contribution in [2.75, 3.05) is 47.2 Å². The highest BCUT2D eigenvalue weighted by atomic mass is 32.2. The van der Waals surface area contributed by atoms with Gasteiger partial charge < -0.3 is 68.9 Å². The monoisotopic (exact) mass is 1050 g/mol. The highest BCUT2D eigenvalue weighted by Crippen LogP contribution is 2.40. The van der Waals surface area contributed by atoms with Gasteiger partial charge in [-0.25, -0.2) is 17.5 Å². The first-order chi connectivity index (χ1) is 33.5. The first kappa shape index (κ1) is 60.1. The number of nitrogens with zero attached hydrogens (tertiary/aromatic N) is 5. The van der Waals surface area contributed by atoms with Crippen LogP contribution in [0.25, 0.3) is 0 Å². The Morgan fingerprint density at radius 3 is 2.26 bits per heavy atom. The van der Waals surface area contributed by atoms with Gasteiger partial charge in [-0.3, -0.25) is 4.79 Å². The molecule has 412 valence electrons. The van der Waals surface area contributed by atoms with Crippen LogP contribution in [0.1, 0.15) is 118 Å². The van der Waals surface area contributed by atoms with Crippen molar-refractivity contribution in [3.05, 3.63) is 41.7 Å². The molecule has 2 aromatic rings. The number of aliphatic hydroxyl groups excluding tert-OH is 4. The lowest BCUT2D eigenvalue weighted by Crippen LogP contribution is -2.62. The summed E-state index contributed by atoms with van der Waals surface area (Å²) in [6.45, 7) is 14.9. The molecule has 20 nitrogen and oxygen atoms in total. The van der Waals surface area contributed by atoms with Crippen LogP contribution in [0.15, 0.2) is 35.4 Å². The molecular formula is C50H84FN5O15S. The number of cyclic esters (lactones) is 1. The van der Waals surface area contributed by atoms with Crippen molar-refractivity contribution in [3.63, 3.8) is 0 Å². The van der Waals surface area contributed by atoms with E-state index in [1.54, 1.807) is 66.6 Å². The summed E-state index contributed by atoms with van der Waals surface area (Å²) in [6, 6.07) is 3.34. The number of carbonyl (C=O) groups excluding carboxylic acids is 1. The second-order valence-electron chi connectivity index (χ2n) is 21.5. The van der Waals surface area contributed by atoms with Crippen molar-refractivity contribution in [3.8, 4) is 0 Å². The SMILES string of the molecule is CC[C@H]1OC(=O)[C@H](C)[C@@H](O[C@H]2C[C@@](C)(OC)[C@@H](O)[C@H](C)O2)[C@H](C)[C@@H](O[C@@H]2O[C@H](C)C[C@H](N(C)CCCc3cn([C@H](CF)[C@H](O)c4ccc(S(C)(=O)=O)cc4)nn3)[C@H]2O)[C@](C)(O)CCN(C)[C@H](C)[C@@H](O)[C@]1(C)O. The molecule has 0 amide bonds. The number of sulfone groups is 1. The molecule has 4 heterocycles. The average molecular weight is 1050 g/mol. The number of likely N-dealkylation sites (N-methyl/N-ethyl adjacent to an activating group) is 2. The molecular weight excluding hydrogens is 962 g/mol. The number of ether oxygens (including phenoxy) is 6. The molecule has 72 heavy (non-hydrogen) atoms. The van der Waals surface area contributed by atoms with Gasteiger partial charge in [0.2, 0.25) is 0 Å². The van der Waals surface area contributed by atoms with Gasteiger partial charge in [0, 0.05) is 50.5 Å². The summed E-state index contributed by atoms with van der Waals surface area (Å²) in [5.74, 6) is -2.68. The van der Waals surface area contributed by atoms with Crippen LogP contribution in [0.2, 0.25) is 0 Å². The van der Waals surface area contributed by atoms with Crippen molar-refractivity contribution in [2.45, 2.75) is 208 Å². The van der Waals surface area contributed by atoms with Gasteiger partial charge in [-0.1, -0.05) is 31.2 Å². The molecule has 0 saturated carbocycles. The molecule has 0 bridgehead atoms. The lowest BCUT2D eigenvalue weighted by atomic mass is 9.79. The molecule has 0 radical (unpaired) electrons. The van der Waals surface area contributed by atoms with Crippen molar-refractivity contribution < 1.29 is 76.7 Å². The number of methoxy groups -OCH3 is 1. The van der Waals surface area contributed by atoms with E-state index in [0.717, 1.165) is 6.26 Å². The van der Waals surface area contributed by atoms with E-state index in [4.69, 9.17) is 28.4 Å². The van der Waals surface area contributed by atoms with E-state index in [1.165, 1.54) is 43.0 Å². The van der Waals surface area contributed by atoms with Crippen LogP contribution in [-0.2, 0) is 49.5 Å². The zero-order chi connectivity index (χ0) is 53.8. The highest BCUT2D eigenvalue weighted by Gasteiger charge is 2.53. The second-order valence-corrected chi connectivity index (χ2v) is 23.5. The summed E-state index contributed by atoms with van der Waals surface area (Å²) in [5.41, 5.74) is -3.79. The van der Waals surface area contributed by atoms with Crippen LogP contribution >= 0.6 is 0 Å². The van der Waals surface area contributed by atoms with E-state index in [2.05, 4.69) is 10.3 Å². The van der Waals surface area contributed by atoms with E-state index in [-0.39, 0.29) is 30.7 Å². The first-order valence-corrected chi connectivity index (χ1v) is 27.1. The zero-order valence-corrected chi connectivity index (χ0v) is 45.2. The molecule has 1 aromatic carbocycles. The minimum Gasteiger partial charge on any atom is -0.459 e. The number of carbonyl (C=O) groups is 1. The largest absolute Gasteiger partial charge is 0.459 e. The van der Waals surface area contributed by atoms with Gasteiger partial charge in [-0.05, 0) is 119 Å². The highest BCUT2D eigenvalue weighted by molar-refractivity contribution is 7.90. The van der Waals surface area contributed by atoms with Crippen LogP contribution in [0.4, 0.5) is 4.39 Å². The molecule has 0 unspecified atom stereocenters.